The van der Waals surface area contributed by atoms with Crippen molar-refractivity contribution < 1.29 is 9.90 Å². The first kappa shape index (κ1) is 14.3. The molecule has 1 heterocycles. The topological polar surface area (TPSA) is 58.4 Å². The number of benzene rings is 1. The van der Waals surface area contributed by atoms with E-state index in [0.29, 0.717) is 6.42 Å². The lowest BCUT2D eigenvalue weighted by Crippen LogP contribution is -2.38. The number of aromatic nitrogens is 2. The van der Waals surface area contributed by atoms with Crippen LogP contribution in [0.3, 0.4) is 0 Å². The summed E-state index contributed by atoms with van der Waals surface area (Å²) in [6.45, 7) is 1.79. The van der Waals surface area contributed by atoms with E-state index in [2.05, 4.69) is 5.10 Å². The van der Waals surface area contributed by atoms with E-state index in [-0.39, 0.29) is 18.6 Å². The van der Waals surface area contributed by atoms with Gasteiger partial charge in [0.05, 0.1) is 24.8 Å². The fraction of sp³-hybridized carbons (Fsp3) is 0.333. The normalized spacial score (nSPS) is 12.2. The van der Waals surface area contributed by atoms with Crippen LogP contribution in [0.25, 0.3) is 5.69 Å². The van der Waals surface area contributed by atoms with E-state index < -0.39 is 0 Å². The summed E-state index contributed by atoms with van der Waals surface area (Å²) >= 11 is 0. The third-order valence-electron chi connectivity index (χ3n) is 3.38. The van der Waals surface area contributed by atoms with E-state index in [1.165, 1.54) is 0 Å². The molecule has 20 heavy (non-hydrogen) atoms. The number of aliphatic hydroxyl groups excluding tert-OH is 1. The Hall–Kier alpha value is -2.14. The average Bonchev–Trinajstić information content (AvgIpc) is 3.00. The van der Waals surface area contributed by atoms with Crippen LogP contribution < -0.4 is 0 Å². The summed E-state index contributed by atoms with van der Waals surface area (Å²) in [5, 5.41) is 13.2. The zero-order valence-corrected chi connectivity index (χ0v) is 11.7. The van der Waals surface area contributed by atoms with E-state index in [4.69, 9.17) is 5.11 Å². The lowest BCUT2D eigenvalue weighted by atomic mass is 10.1. The van der Waals surface area contributed by atoms with Gasteiger partial charge in [0.15, 0.2) is 0 Å². The van der Waals surface area contributed by atoms with E-state index in [1.54, 1.807) is 22.8 Å². The van der Waals surface area contributed by atoms with Gasteiger partial charge in [0.2, 0.25) is 5.91 Å². The van der Waals surface area contributed by atoms with Gasteiger partial charge in [-0.1, -0.05) is 12.1 Å². The van der Waals surface area contributed by atoms with Gasteiger partial charge >= 0.3 is 0 Å². The maximum atomic E-state index is 12.0. The number of nitrogens with zero attached hydrogens (tertiary/aromatic N) is 3. The lowest BCUT2D eigenvalue weighted by molar-refractivity contribution is -0.131. The van der Waals surface area contributed by atoms with Crippen LogP contribution in [-0.4, -0.2) is 45.4 Å². The number of carbonyl (C=O) groups is 1. The highest BCUT2D eigenvalue weighted by Gasteiger charge is 2.15. The summed E-state index contributed by atoms with van der Waals surface area (Å²) in [5.74, 6) is -0.00149. The Morgan fingerprint density at radius 1 is 1.40 bits per heavy atom. The highest BCUT2D eigenvalue weighted by Crippen LogP contribution is 2.10. The number of likely N-dealkylation sites (N-methyl/N-ethyl adjacent to an activating group) is 1. The van der Waals surface area contributed by atoms with E-state index in [1.807, 2.05) is 43.5 Å². The second kappa shape index (κ2) is 6.34. The van der Waals surface area contributed by atoms with Gasteiger partial charge in [-0.25, -0.2) is 4.68 Å². The van der Waals surface area contributed by atoms with Crippen molar-refractivity contribution in [3.05, 3.63) is 48.3 Å². The molecule has 1 atom stereocenters. The minimum absolute atomic E-state index is 0.00149. The predicted octanol–water partition coefficient (Wildman–Crippen LogP) is 1.25. The minimum Gasteiger partial charge on any atom is -0.394 e. The molecule has 0 radical (unpaired) electrons. The summed E-state index contributed by atoms with van der Waals surface area (Å²) in [4.78, 5) is 13.6. The summed E-state index contributed by atoms with van der Waals surface area (Å²) in [5.41, 5.74) is 1.91. The standard InChI is InChI=1S/C15H19N3O2/c1-12(11-19)17(2)15(20)10-13-4-6-14(7-5-13)18-9-3-8-16-18/h3-9,12,19H,10-11H2,1-2H3. The molecular formula is C15H19N3O2. The van der Waals surface area contributed by atoms with Gasteiger partial charge in [-0.05, 0) is 30.7 Å². The molecular weight excluding hydrogens is 254 g/mol. The summed E-state index contributed by atoms with van der Waals surface area (Å²) < 4.78 is 1.77. The summed E-state index contributed by atoms with van der Waals surface area (Å²) in [7, 11) is 1.71. The SMILES string of the molecule is CC(CO)N(C)C(=O)Cc1ccc(-n2cccn2)cc1. The number of carbonyl (C=O) groups excluding carboxylic acids is 1. The van der Waals surface area contributed by atoms with Crippen molar-refractivity contribution in [3.8, 4) is 5.69 Å². The lowest BCUT2D eigenvalue weighted by Gasteiger charge is -2.23. The maximum Gasteiger partial charge on any atom is 0.227 e. The monoisotopic (exact) mass is 273 g/mol. The molecule has 1 unspecified atom stereocenters. The van der Waals surface area contributed by atoms with Crippen molar-refractivity contribution in [3.63, 3.8) is 0 Å². The average molecular weight is 273 g/mol. The Labute approximate surface area is 118 Å². The zero-order chi connectivity index (χ0) is 14.5. The number of rotatable bonds is 5. The molecule has 5 heteroatoms. The molecule has 0 aliphatic rings. The van der Waals surface area contributed by atoms with Gasteiger partial charge in [0.1, 0.15) is 0 Å². The maximum absolute atomic E-state index is 12.0. The highest BCUT2D eigenvalue weighted by atomic mass is 16.3. The van der Waals surface area contributed by atoms with Crippen molar-refractivity contribution >= 4 is 5.91 Å². The molecule has 0 bridgehead atoms. The van der Waals surface area contributed by atoms with Crippen molar-refractivity contribution in [1.29, 1.82) is 0 Å². The van der Waals surface area contributed by atoms with Crippen molar-refractivity contribution in [2.24, 2.45) is 0 Å². The Bertz CT molecular complexity index is 549. The largest absolute Gasteiger partial charge is 0.394 e. The fourth-order valence-electron chi connectivity index (χ4n) is 1.86. The van der Waals surface area contributed by atoms with Crippen molar-refractivity contribution in [1.82, 2.24) is 14.7 Å². The van der Waals surface area contributed by atoms with Crippen LogP contribution in [0.4, 0.5) is 0 Å². The van der Waals surface area contributed by atoms with Crippen LogP contribution >= 0.6 is 0 Å². The minimum atomic E-state index is -0.161. The molecule has 2 rings (SSSR count). The van der Waals surface area contributed by atoms with Gasteiger partial charge in [-0.3, -0.25) is 4.79 Å². The molecule has 0 aliphatic heterocycles. The third-order valence-corrected chi connectivity index (χ3v) is 3.38. The van der Waals surface area contributed by atoms with Crippen molar-refractivity contribution in [2.75, 3.05) is 13.7 Å². The van der Waals surface area contributed by atoms with Crippen LogP contribution in [-0.2, 0) is 11.2 Å². The first-order valence-corrected chi connectivity index (χ1v) is 6.57. The molecule has 5 nitrogen and oxygen atoms in total. The molecule has 0 aliphatic carbocycles. The molecule has 1 aromatic carbocycles. The van der Waals surface area contributed by atoms with Crippen LogP contribution in [0.2, 0.25) is 0 Å². The quantitative estimate of drug-likeness (QED) is 0.892. The molecule has 0 fully saturated rings. The Balaban J connectivity index is 2.02. The molecule has 2 aromatic rings. The summed E-state index contributed by atoms with van der Waals surface area (Å²) in [6.07, 6.45) is 3.93. The third kappa shape index (κ3) is 3.24. The smallest absolute Gasteiger partial charge is 0.227 e. The number of aliphatic hydroxyl groups is 1. The number of hydrogen-bond donors (Lipinski definition) is 1. The van der Waals surface area contributed by atoms with Crippen LogP contribution in [0, 0.1) is 0 Å². The highest BCUT2D eigenvalue weighted by molar-refractivity contribution is 5.78. The first-order valence-electron chi connectivity index (χ1n) is 6.57. The van der Waals surface area contributed by atoms with Gasteiger partial charge in [0, 0.05) is 19.4 Å². The molecule has 1 aromatic heterocycles. The van der Waals surface area contributed by atoms with E-state index >= 15 is 0 Å². The molecule has 0 spiro atoms. The summed E-state index contributed by atoms with van der Waals surface area (Å²) in [6, 6.07) is 9.42. The molecule has 106 valence electrons. The molecule has 1 N–H and O–H groups in total. The van der Waals surface area contributed by atoms with Crippen LogP contribution in [0.1, 0.15) is 12.5 Å². The van der Waals surface area contributed by atoms with Crippen LogP contribution in [0.5, 0.6) is 0 Å². The Morgan fingerprint density at radius 3 is 2.65 bits per heavy atom. The predicted molar refractivity (Wildman–Crippen MR) is 76.6 cm³/mol. The van der Waals surface area contributed by atoms with Gasteiger partial charge < -0.3 is 10.0 Å². The second-order valence-corrected chi connectivity index (χ2v) is 4.83. The molecule has 0 saturated carbocycles. The van der Waals surface area contributed by atoms with Gasteiger partial charge in [-0.2, -0.15) is 5.10 Å². The van der Waals surface area contributed by atoms with Gasteiger partial charge in [0.25, 0.3) is 0 Å². The fourth-order valence-corrected chi connectivity index (χ4v) is 1.86. The molecule has 0 saturated heterocycles. The Morgan fingerprint density at radius 2 is 2.10 bits per heavy atom. The van der Waals surface area contributed by atoms with E-state index in [0.717, 1.165) is 11.3 Å². The first-order chi connectivity index (χ1) is 9.61. The van der Waals surface area contributed by atoms with Gasteiger partial charge in [-0.15, -0.1) is 0 Å². The zero-order valence-electron chi connectivity index (χ0n) is 11.7. The van der Waals surface area contributed by atoms with Crippen molar-refractivity contribution in [2.45, 2.75) is 19.4 Å². The molecule has 1 amide bonds. The number of hydrogen-bond acceptors (Lipinski definition) is 3. The second-order valence-electron chi connectivity index (χ2n) is 4.83. The Kier molecular flexibility index (Phi) is 4.53. The van der Waals surface area contributed by atoms with E-state index in [9.17, 15) is 4.79 Å². The number of amides is 1. The van der Waals surface area contributed by atoms with Crippen LogP contribution in [0.15, 0.2) is 42.7 Å².